The molecule has 1 fully saturated rings. The summed E-state index contributed by atoms with van der Waals surface area (Å²) in [6.45, 7) is 1.60. The van der Waals surface area contributed by atoms with E-state index in [1.807, 2.05) is 12.1 Å². The Morgan fingerprint density at radius 2 is 1.83 bits per heavy atom. The Balaban J connectivity index is 1.27. The minimum absolute atomic E-state index is 0.0523. The maximum atomic E-state index is 12.6. The molecule has 1 saturated heterocycles. The Morgan fingerprint density at radius 1 is 1.03 bits per heavy atom. The van der Waals surface area contributed by atoms with E-state index in [0.29, 0.717) is 12.5 Å². The first-order chi connectivity index (χ1) is 14.2. The number of aromatic nitrogens is 2. The van der Waals surface area contributed by atoms with Gasteiger partial charge in [0.15, 0.2) is 5.78 Å². The van der Waals surface area contributed by atoms with E-state index in [4.69, 9.17) is 0 Å². The fourth-order valence-corrected chi connectivity index (χ4v) is 4.31. The summed E-state index contributed by atoms with van der Waals surface area (Å²) in [5, 5.41) is 3.09. The molecule has 1 aliphatic heterocycles. The number of carbonyl (C=O) groups excluding carboxylic acids is 2. The van der Waals surface area contributed by atoms with Crippen molar-refractivity contribution in [3.63, 3.8) is 0 Å². The molecule has 4 rings (SSSR count). The molecule has 0 spiro atoms. The lowest BCUT2D eigenvalue weighted by Crippen LogP contribution is -2.48. The molecular weight excluding hydrogens is 364 g/mol. The second-order valence-corrected chi connectivity index (χ2v) is 8.02. The summed E-state index contributed by atoms with van der Waals surface area (Å²) in [5.41, 5.74) is 3.41. The van der Waals surface area contributed by atoms with Crippen LogP contribution in [-0.4, -0.2) is 40.8 Å². The van der Waals surface area contributed by atoms with Gasteiger partial charge >= 0.3 is 0 Å². The highest BCUT2D eigenvalue weighted by Crippen LogP contribution is 2.23. The minimum atomic E-state index is -0.0582. The van der Waals surface area contributed by atoms with E-state index in [-0.39, 0.29) is 30.6 Å². The lowest BCUT2D eigenvalue weighted by Gasteiger charge is -2.33. The third-order valence-electron chi connectivity index (χ3n) is 5.87. The van der Waals surface area contributed by atoms with Gasteiger partial charge in [-0.25, -0.2) is 9.97 Å². The molecule has 1 aliphatic carbocycles. The van der Waals surface area contributed by atoms with Crippen LogP contribution in [0.4, 0.5) is 5.95 Å². The Labute approximate surface area is 171 Å². The number of rotatable bonds is 6. The highest BCUT2D eigenvalue weighted by Gasteiger charge is 2.23. The minimum Gasteiger partial charge on any atom is -0.352 e. The van der Waals surface area contributed by atoms with Crippen LogP contribution >= 0.6 is 0 Å². The molecule has 1 aromatic carbocycles. The van der Waals surface area contributed by atoms with Gasteiger partial charge < -0.3 is 10.2 Å². The molecule has 0 unspecified atom stereocenters. The van der Waals surface area contributed by atoms with Gasteiger partial charge in [0.05, 0.1) is 0 Å². The molecular formula is C23H28N4O2. The zero-order valence-corrected chi connectivity index (χ0v) is 16.8. The Kier molecular flexibility index (Phi) is 6.17. The number of benzene rings is 1. The SMILES string of the molecule is O=C(CCC(=O)c1ccc2c(c1)CCCC2)N[C@@H]1CCCN(c2ncccn2)C1. The maximum absolute atomic E-state index is 12.6. The quantitative estimate of drug-likeness (QED) is 0.765. The number of hydrogen-bond donors (Lipinski definition) is 1. The molecule has 6 nitrogen and oxygen atoms in total. The van der Waals surface area contributed by atoms with Crippen LogP contribution in [0.25, 0.3) is 0 Å². The number of Topliss-reactive ketones (excluding diaryl/α,β-unsaturated/α-hetero) is 1. The number of nitrogens with zero attached hydrogens (tertiary/aromatic N) is 3. The number of hydrogen-bond acceptors (Lipinski definition) is 5. The number of nitrogens with one attached hydrogen (secondary N) is 1. The van der Waals surface area contributed by atoms with Crippen LogP contribution in [0.1, 0.15) is 60.0 Å². The average molecular weight is 393 g/mol. The average Bonchev–Trinajstić information content (AvgIpc) is 2.78. The summed E-state index contributed by atoms with van der Waals surface area (Å²) in [7, 11) is 0. The van der Waals surface area contributed by atoms with Crippen LogP contribution in [-0.2, 0) is 17.6 Å². The highest BCUT2D eigenvalue weighted by molar-refractivity contribution is 5.98. The van der Waals surface area contributed by atoms with Crippen molar-refractivity contribution in [2.75, 3.05) is 18.0 Å². The fraction of sp³-hybridized carbons (Fsp3) is 0.478. The third-order valence-corrected chi connectivity index (χ3v) is 5.87. The van der Waals surface area contributed by atoms with Crippen molar-refractivity contribution in [1.82, 2.24) is 15.3 Å². The largest absolute Gasteiger partial charge is 0.352 e. The molecule has 0 bridgehead atoms. The van der Waals surface area contributed by atoms with Crippen molar-refractivity contribution in [2.45, 2.75) is 57.4 Å². The van der Waals surface area contributed by atoms with Crippen LogP contribution in [0, 0.1) is 0 Å². The number of ketones is 1. The zero-order valence-electron chi connectivity index (χ0n) is 16.8. The van der Waals surface area contributed by atoms with Crippen molar-refractivity contribution in [3.05, 3.63) is 53.3 Å². The number of fused-ring (bicyclic) bond motifs is 1. The molecule has 152 valence electrons. The van der Waals surface area contributed by atoms with E-state index in [2.05, 4.69) is 26.3 Å². The monoisotopic (exact) mass is 392 g/mol. The molecule has 1 aromatic heterocycles. The normalized spacial score (nSPS) is 18.8. The van der Waals surface area contributed by atoms with Gasteiger partial charge in [0, 0.05) is 49.9 Å². The van der Waals surface area contributed by atoms with Crippen LogP contribution in [0.5, 0.6) is 0 Å². The summed E-state index contributed by atoms with van der Waals surface area (Å²) in [6.07, 6.45) is 10.5. The first kappa shape index (κ1) is 19.6. The Hall–Kier alpha value is -2.76. The molecule has 2 heterocycles. The van der Waals surface area contributed by atoms with E-state index in [0.717, 1.165) is 37.8 Å². The maximum Gasteiger partial charge on any atom is 0.225 e. The van der Waals surface area contributed by atoms with E-state index in [1.54, 1.807) is 18.5 Å². The van der Waals surface area contributed by atoms with Gasteiger partial charge in [-0.15, -0.1) is 0 Å². The Bertz CT molecular complexity index is 868. The van der Waals surface area contributed by atoms with E-state index >= 15 is 0 Å². The second kappa shape index (κ2) is 9.16. The number of anilines is 1. The first-order valence-corrected chi connectivity index (χ1v) is 10.7. The number of piperidine rings is 1. The summed E-state index contributed by atoms with van der Waals surface area (Å²) < 4.78 is 0. The Morgan fingerprint density at radius 3 is 2.66 bits per heavy atom. The number of aryl methyl sites for hydroxylation is 2. The van der Waals surface area contributed by atoms with Crippen molar-refractivity contribution in [3.8, 4) is 0 Å². The first-order valence-electron chi connectivity index (χ1n) is 10.7. The molecule has 0 radical (unpaired) electrons. The van der Waals surface area contributed by atoms with E-state index in [1.165, 1.54) is 24.0 Å². The third kappa shape index (κ3) is 5.00. The van der Waals surface area contributed by atoms with Crippen molar-refractivity contribution in [1.29, 1.82) is 0 Å². The molecule has 2 aromatic rings. The summed E-state index contributed by atoms with van der Waals surface area (Å²) in [4.78, 5) is 35.7. The topological polar surface area (TPSA) is 75.2 Å². The van der Waals surface area contributed by atoms with E-state index in [9.17, 15) is 9.59 Å². The van der Waals surface area contributed by atoms with Gasteiger partial charge in [-0.2, -0.15) is 0 Å². The number of amides is 1. The molecule has 6 heteroatoms. The molecule has 0 saturated carbocycles. The van der Waals surface area contributed by atoms with E-state index < -0.39 is 0 Å². The smallest absolute Gasteiger partial charge is 0.225 e. The summed E-state index contributed by atoms with van der Waals surface area (Å²) in [6, 6.07) is 7.91. The van der Waals surface area contributed by atoms with Crippen molar-refractivity contribution in [2.24, 2.45) is 0 Å². The van der Waals surface area contributed by atoms with Crippen molar-refractivity contribution >= 4 is 17.6 Å². The highest BCUT2D eigenvalue weighted by atomic mass is 16.2. The van der Waals surface area contributed by atoms with Gasteiger partial charge in [-0.05, 0) is 61.8 Å². The van der Waals surface area contributed by atoms with Gasteiger partial charge in [0.25, 0.3) is 0 Å². The number of carbonyl (C=O) groups is 2. The van der Waals surface area contributed by atoms with Gasteiger partial charge in [-0.3, -0.25) is 9.59 Å². The second-order valence-electron chi connectivity index (χ2n) is 8.02. The molecule has 2 aliphatic rings. The van der Waals surface area contributed by atoms with Gasteiger partial charge in [0.2, 0.25) is 11.9 Å². The fourth-order valence-electron chi connectivity index (χ4n) is 4.31. The zero-order chi connectivity index (χ0) is 20.1. The predicted octanol–water partition coefficient (Wildman–Crippen LogP) is 3.10. The van der Waals surface area contributed by atoms with Crippen LogP contribution in [0.15, 0.2) is 36.7 Å². The van der Waals surface area contributed by atoms with Gasteiger partial charge in [0.1, 0.15) is 0 Å². The van der Waals surface area contributed by atoms with Crippen LogP contribution in [0.3, 0.4) is 0 Å². The standard InChI is InChI=1S/C23H28N4O2/c28-21(19-9-8-17-5-1-2-6-18(17)15-19)10-11-22(29)26-20-7-3-14-27(16-20)23-24-12-4-13-25-23/h4,8-9,12-13,15,20H,1-3,5-7,10-11,14,16H2,(H,26,29)/t20-/m1/s1. The lowest BCUT2D eigenvalue weighted by atomic mass is 9.89. The molecule has 1 N–H and O–H groups in total. The van der Waals surface area contributed by atoms with Gasteiger partial charge in [-0.1, -0.05) is 12.1 Å². The lowest BCUT2D eigenvalue weighted by molar-refractivity contribution is -0.121. The molecule has 1 amide bonds. The summed E-state index contributed by atoms with van der Waals surface area (Å²) >= 11 is 0. The van der Waals surface area contributed by atoms with Crippen LogP contribution in [0.2, 0.25) is 0 Å². The molecule has 1 atom stereocenters. The van der Waals surface area contributed by atoms with Crippen LogP contribution < -0.4 is 10.2 Å². The molecule has 29 heavy (non-hydrogen) atoms. The predicted molar refractivity (Wildman–Crippen MR) is 112 cm³/mol. The van der Waals surface area contributed by atoms with Crippen molar-refractivity contribution < 1.29 is 9.59 Å². The summed E-state index contributed by atoms with van der Waals surface area (Å²) in [5.74, 6) is 0.697.